The van der Waals surface area contributed by atoms with Crippen LogP contribution in [0.4, 0.5) is 0 Å². The molecule has 6 nitrogen and oxygen atoms in total. The molecule has 0 heterocycles. The standard InChI is InChI=1S/C9H18N2O4/c1-3-7(9(10)14)11(4-5-15-2)6-8(12)13/h7H,3-6H2,1-2H3,(H2,10,14)(H,12,13). The number of hydrogen-bond acceptors (Lipinski definition) is 4. The number of carboxylic acids is 1. The molecule has 3 N–H and O–H groups in total. The van der Waals surface area contributed by atoms with E-state index < -0.39 is 17.9 Å². The van der Waals surface area contributed by atoms with Crippen LogP contribution in [0.5, 0.6) is 0 Å². The van der Waals surface area contributed by atoms with Gasteiger partial charge in [-0.25, -0.2) is 0 Å². The second kappa shape index (κ2) is 7.19. The van der Waals surface area contributed by atoms with Gasteiger partial charge in [-0.15, -0.1) is 0 Å². The summed E-state index contributed by atoms with van der Waals surface area (Å²) in [6.07, 6.45) is 0.492. The molecule has 88 valence electrons. The summed E-state index contributed by atoms with van der Waals surface area (Å²) in [7, 11) is 1.52. The van der Waals surface area contributed by atoms with Crippen LogP contribution in [0.25, 0.3) is 0 Å². The lowest BCUT2D eigenvalue weighted by Gasteiger charge is -2.26. The Kier molecular flexibility index (Phi) is 6.64. The van der Waals surface area contributed by atoms with Crippen LogP contribution in [0.3, 0.4) is 0 Å². The van der Waals surface area contributed by atoms with Gasteiger partial charge in [-0.1, -0.05) is 6.92 Å². The van der Waals surface area contributed by atoms with Crippen LogP contribution in [0.1, 0.15) is 13.3 Å². The topological polar surface area (TPSA) is 92.9 Å². The molecule has 0 aliphatic heterocycles. The number of carboxylic acid groups (broad SMARTS) is 1. The van der Waals surface area contributed by atoms with E-state index in [4.69, 9.17) is 15.6 Å². The molecule has 0 saturated carbocycles. The Morgan fingerprint density at radius 1 is 1.53 bits per heavy atom. The molecule has 0 aliphatic rings. The first kappa shape index (κ1) is 13.9. The Morgan fingerprint density at radius 3 is 2.47 bits per heavy atom. The van der Waals surface area contributed by atoms with Gasteiger partial charge in [0, 0.05) is 13.7 Å². The van der Waals surface area contributed by atoms with Crippen molar-refractivity contribution in [3.05, 3.63) is 0 Å². The molecule has 0 rings (SSSR count). The first-order valence-electron chi connectivity index (χ1n) is 4.77. The maximum Gasteiger partial charge on any atom is 0.317 e. The molecule has 1 atom stereocenters. The van der Waals surface area contributed by atoms with E-state index in [1.54, 1.807) is 6.92 Å². The van der Waals surface area contributed by atoms with Crippen molar-refractivity contribution >= 4 is 11.9 Å². The van der Waals surface area contributed by atoms with Gasteiger partial charge < -0.3 is 15.6 Å². The quantitative estimate of drug-likeness (QED) is 0.561. The average molecular weight is 218 g/mol. The van der Waals surface area contributed by atoms with Crippen LogP contribution >= 0.6 is 0 Å². The van der Waals surface area contributed by atoms with Crippen molar-refractivity contribution in [2.75, 3.05) is 26.8 Å². The smallest absolute Gasteiger partial charge is 0.317 e. The molecule has 1 unspecified atom stereocenters. The van der Waals surface area contributed by atoms with Gasteiger partial charge >= 0.3 is 5.97 Å². The Bertz CT molecular complexity index is 220. The van der Waals surface area contributed by atoms with Crippen LogP contribution in [-0.4, -0.2) is 54.7 Å². The largest absolute Gasteiger partial charge is 0.480 e. The summed E-state index contributed by atoms with van der Waals surface area (Å²) in [4.78, 5) is 23.2. The van der Waals surface area contributed by atoms with E-state index in [-0.39, 0.29) is 6.54 Å². The summed E-state index contributed by atoms with van der Waals surface area (Å²) < 4.78 is 4.84. The third-order valence-electron chi connectivity index (χ3n) is 2.08. The maximum atomic E-state index is 11.1. The number of ether oxygens (including phenoxy) is 1. The van der Waals surface area contributed by atoms with Crippen LogP contribution in [0.15, 0.2) is 0 Å². The predicted molar refractivity (Wildman–Crippen MR) is 54.4 cm³/mol. The number of nitrogens with zero attached hydrogens (tertiary/aromatic N) is 1. The molecule has 1 amide bonds. The maximum absolute atomic E-state index is 11.1. The first-order valence-corrected chi connectivity index (χ1v) is 4.77. The molecule has 0 spiro atoms. The fraction of sp³-hybridized carbons (Fsp3) is 0.778. The van der Waals surface area contributed by atoms with E-state index >= 15 is 0 Å². The minimum Gasteiger partial charge on any atom is -0.480 e. The van der Waals surface area contributed by atoms with Crippen molar-refractivity contribution in [1.29, 1.82) is 0 Å². The lowest BCUT2D eigenvalue weighted by Crippen LogP contribution is -2.47. The highest BCUT2D eigenvalue weighted by Gasteiger charge is 2.23. The van der Waals surface area contributed by atoms with Crippen molar-refractivity contribution in [1.82, 2.24) is 4.90 Å². The minimum absolute atomic E-state index is 0.204. The molecule has 0 aromatic carbocycles. The summed E-state index contributed by atoms with van der Waals surface area (Å²) in [5.41, 5.74) is 5.18. The summed E-state index contributed by atoms with van der Waals surface area (Å²) >= 11 is 0. The average Bonchev–Trinajstić information content (AvgIpc) is 2.13. The second-order valence-corrected chi connectivity index (χ2v) is 3.18. The number of carbonyl (C=O) groups excluding carboxylic acids is 1. The number of hydrogen-bond donors (Lipinski definition) is 2. The molecule has 0 bridgehead atoms. The normalized spacial score (nSPS) is 12.7. The van der Waals surface area contributed by atoms with E-state index in [0.717, 1.165) is 0 Å². The van der Waals surface area contributed by atoms with Crippen molar-refractivity contribution in [2.45, 2.75) is 19.4 Å². The highest BCUT2D eigenvalue weighted by atomic mass is 16.5. The van der Waals surface area contributed by atoms with Gasteiger partial charge in [0.15, 0.2) is 0 Å². The minimum atomic E-state index is -0.981. The van der Waals surface area contributed by atoms with E-state index in [1.165, 1.54) is 12.0 Å². The third kappa shape index (κ3) is 5.34. The number of primary amides is 1. The number of carbonyl (C=O) groups is 2. The van der Waals surface area contributed by atoms with Gasteiger partial charge in [-0.3, -0.25) is 14.5 Å². The molecule has 6 heteroatoms. The lowest BCUT2D eigenvalue weighted by molar-refractivity contribution is -0.140. The van der Waals surface area contributed by atoms with Gasteiger partial charge in [-0.05, 0) is 6.42 Å². The van der Waals surface area contributed by atoms with Gasteiger partial charge in [0.25, 0.3) is 0 Å². The Labute approximate surface area is 89.0 Å². The van der Waals surface area contributed by atoms with Gasteiger partial charge in [-0.2, -0.15) is 0 Å². The zero-order valence-electron chi connectivity index (χ0n) is 9.10. The number of methoxy groups -OCH3 is 1. The molecular formula is C9H18N2O4. The van der Waals surface area contributed by atoms with E-state index in [1.807, 2.05) is 0 Å². The van der Waals surface area contributed by atoms with Crippen LogP contribution < -0.4 is 5.73 Å². The fourth-order valence-corrected chi connectivity index (χ4v) is 1.37. The third-order valence-corrected chi connectivity index (χ3v) is 2.08. The van der Waals surface area contributed by atoms with Crippen molar-refractivity contribution in [3.63, 3.8) is 0 Å². The SMILES string of the molecule is CCC(C(N)=O)N(CCOC)CC(=O)O. The zero-order valence-corrected chi connectivity index (χ0v) is 9.10. The molecule has 0 fully saturated rings. The van der Waals surface area contributed by atoms with E-state index in [0.29, 0.717) is 19.6 Å². The molecule has 0 aliphatic carbocycles. The Balaban J connectivity index is 4.42. The second-order valence-electron chi connectivity index (χ2n) is 3.18. The van der Waals surface area contributed by atoms with Crippen LogP contribution in [0.2, 0.25) is 0 Å². The predicted octanol–water partition coefficient (Wildman–Crippen LogP) is -0.717. The fourth-order valence-electron chi connectivity index (χ4n) is 1.37. The molecule has 0 saturated heterocycles. The highest BCUT2D eigenvalue weighted by molar-refractivity contribution is 5.80. The van der Waals surface area contributed by atoms with Gasteiger partial charge in [0.2, 0.25) is 5.91 Å². The summed E-state index contributed by atoms with van der Waals surface area (Å²) in [5.74, 6) is -1.49. The molecule has 0 radical (unpaired) electrons. The monoisotopic (exact) mass is 218 g/mol. The number of amides is 1. The number of nitrogens with two attached hydrogens (primary N) is 1. The van der Waals surface area contributed by atoms with Crippen LogP contribution in [0, 0.1) is 0 Å². The summed E-state index contributed by atoms with van der Waals surface area (Å²) in [5, 5.41) is 8.67. The van der Waals surface area contributed by atoms with Crippen molar-refractivity contribution in [2.24, 2.45) is 5.73 Å². The van der Waals surface area contributed by atoms with E-state index in [2.05, 4.69) is 0 Å². The number of aliphatic carboxylic acids is 1. The zero-order chi connectivity index (χ0) is 11.8. The van der Waals surface area contributed by atoms with Gasteiger partial charge in [0.05, 0.1) is 19.2 Å². The number of rotatable bonds is 8. The molecule has 0 aromatic rings. The summed E-state index contributed by atoms with van der Waals surface area (Å²) in [6.45, 7) is 2.34. The van der Waals surface area contributed by atoms with E-state index in [9.17, 15) is 9.59 Å². The molecule has 15 heavy (non-hydrogen) atoms. The Hall–Kier alpha value is -1.14. The van der Waals surface area contributed by atoms with Crippen molar-refractivity contribution < 1.29 is 19.4 Å². The van der Waals surface area contributed by atoms with Crippen LogP contribution in [-0.2, 0) is 14.3 Å². The van der Waals surface area contributed by atoms with Crippen molar-refractivity contribution in [3.8, 4) is 0 Å². The summed E-state index contributed by atoms with van der Waals surface area (Å²) in [6, 6.07) is -0.545. The molecule has 0 aromatic heterocycles. The lowest BCUT2D eigenvalue weighted by atomic mass is 10.2. The molecular weight excluding hydrogens is 200 g/mol. The first-order chi connectivity index (χ1) is 7.02. The Morgan fingerprint density at radius 2 is 2.13 bits per heavy atom. The highest BCUT2D eigenvalue weighted by Crippen LogP contribution is 2.03. The van der Waals surface area contributed by atoms with Gasteiger partial charge in [0.1, 0.15) is 0 Å².